The van der Waals surface area contributed by atoms with Crippen LogP contribution in [0.4, 0.5) is 5.69 Å². The largest absolute Gasteiger partial charge is 0.465 e. The van der Waals surface area contributed by atoms with Crippen molar-refractivity contribution in [3.63, 3.8) is 0 Å². The fraction of sp³-hybridized carbons (Fsp3) is 0.438. The minimum atomic E-state index is -2.14. The maximum atomic E-state index is 12.5. The summed E-state index contributed by atoms with van der Waals surface area (Å²) in [6, 6.07) is 2.08. The van der Waals surface area contributed by atoms with Gasteiger partial charge in [0, 0.05) is 10.5 Å². The van der Waals surface area contributed by atoms with Crippen LogP contribution in [0.1, 0.15) is 36.7 Å². The summed E-state index contributed by atoms with van der Waals surface area (Å²) in [4.78, 5) is 47.7. The van der Waals surface area contributed by atoms with Crippen molar-refractivity contribution in [1.29, 1.82) is 0 Å². The van der Waals surface area contributed by atoms with Gasteiger partial charge in [0.1, 0.15) is 0 Å². The van der Waals surface area contributed by atoms with E-state index in [1.165, 1.54) is 13.8 Å². The van der Waals surface area contributed by atoms with Gasteiger partial charge in [0.25, 0.3) is 5.69 Å². The van der Waals surface area contributed by atoms with E-state index in [-0.39, 0.29) is 28.8 Å². The lowest BCUT2D eigenvalue weighted by atomic mass is 9.80. The second-order valence-corrected chi connectivity index (χ2v) is 6.02. The van der Waals surface area contributed by atoms with Crippen LogP contribution in [0.3, 0.4) is 0 Å². The van der Waals surface area contributed by atoms with E-state index in [0.29, 0.717) is 0 Å². The SMILES string of the molecule is CCOC(=O)C(C)(C(=O)OCC)c1cc(C(=O)OC)c(Br)cc1[N+](=O)[O-]. The summed E-state index contributed by atoms with van der Waals surface area (Å²) >= 11 is 3.06. The first-order valence-corrected chi connectivity index (χ1v) is 8.35. The number of hydrogen-bond donors (Lipinski definition) is 0. The molecule has 1 rings (SSSR count). The van der Waals surface area contributed by atoms with Crippen LogP contribution in [0.15, 0.2) is 16.6 Å². The van der Waals surface area contributed by atoms with Gasteiger partial charge in [0.2, 0.25) is 0 Å². The minimum Gasteiger partial charge on any atom is -0.465 e. The Bertz CT molecular complexity index is 728. The van der Waals surface area contributed by atoms with Gasteiger partial charge >= 0.3 is 17.9 Å². The van der Waals surface area contributed by atoms with Gasteiger partial charge in [-0.3, -0.25) is 19.7 Å². The van der Waals surface area contributed by atoms with Crippen molar-refractivity contribution >= 4 is 39.5 Å². The van der Waals surface area contributed by atoms with Crippen LogP contribution in [-0.2, 0) is 29.2 Å². The molecule has 0 radical (unpaired) electrons. The van der Waals surface area contributed by atoms with Crippen molar-refractivity contribution in [2.75, 3.05) is 20.3 Å². The number of nitro benzene ring substituents is 1. The number of methoxy groups -OCH3 is 1. The van der Waals surface area contributed by atoms with Crippen molar-refractivity contribution in [2.24, 2.45) is 0 Å². The number of nitro groups is 1. The summed E-state index contributed by atoms with van der Waals surface area (Å²) < 4.78 is 14.6. The first-order chi connectivity index (χ1) is 12.1. The number of rotatable bonds is 7. The molecule has 0 aliphatic rings. The molecule has 0 N–H and O–H groups in total. The number of esters is 3. The molecule has 10 heteroatoms. The summed E-state index contributed by atoms with van der Waals surface area (Å²) in [6.07, 6.45) is 0. The molecule has 0 saturated heterocycles. The predicted octanol–water partition coefficient (Wildman–Crippen LogP) is 2.53. The molecule has 26 heavy (non-hydrogen) atoms. The Morgan fingerprint density at radius 2 is 1.65 bits per heavy atom. The summed E-state index contributed by atoms with van der Waals surface area (Å²) in [5.41, 5.74) is -3.11. The average molecular weight is 432 g/mol. The predicted molar refractivity (Wildman–Crippen MR) is 92.8 cm³/mol. The van der Waals surface area contributed by atoms with Crippen LogP contribution in [0, 0.1) is 10.1 Å². The molecule has 0 amide bonds. The molecule has 0 aromatic heterocycles. The number of carbonyl (C=O) groups excluding carboxylic acids is 3. The molecule has 0 spiro atoms. The Kier molecular flexibility index (Phi) is 7.25. The second-order valence-electron chi connectivity index (χ2n) is 5.16. The Hall–Kier alpha value is -2.49. The highest BCUT2D eigenvalue weighted by Crippen LogP contribution is 2.38. The lowest BCUT2D eigenvalue weighted by molar-refractivity contribution is -0.386. The van der Waals surface area contributed by atoms with Crippen molar-refractivity contribution < 1.29 is 33.5 Å². The Morgan fingerprint density at radius 3 is 2.04 bits per heavy atom. The highest BCUT2D eigenvalue weighted by molar-refractivity contribution is 9.10. The molecular formula is C16H18BrNO8. The molecule has 0 aliphatic carbocycles. The van der Waals surface area contributed by atoms with Crippen LogP contribution in [0.25, 0.3) is 0 Å². The fourth-order valence-corrected chi connectivity index (χ4v) is 2.73. The van der Waals surface area contributed by atoms with E-state index >= 15 is 0 Å². The van der Waals surface area contributed by atoms with Gasteiger partial charge in [-0.05, 0) is 42.8 Å². The van der Waals surface area contributed by atoms with Crippen LogP contribution >= 0.6 is 15.9 Å². The Balaban J connectivity index is 3.82. The molecule has 0 bridgehead atoms. The summed E-state index contributed by atoms with van der Waals surface area (Å²) in [6.45, 7) is 4.10. The molecule has 9 nitrogen and oxygen atoms in total. The van der Waals surface area contributed by atoms with Gasteiger partial charge in [-0.25, -0.2) is 4.79 Å². The number of halogens is 1. The van der Waals surface area contributed by atoms with E-state index in [1.54, 1.807) is 0 Å². The van der Waals surface area contributed by atoms with E-state index in [9.17, 15) is 24.5 Å². The third-order valence-corrected chi connectivity index (χ3v) is 4.25. The number of nitrogens with zero attached hydrogens (tertiary/aromatic N) is 1. The zero-order valence-electron chi connectivity index (χ0n) is 14.7. The number of hydrogen-bond acceptors (Lipinski definition) is 8. The molecule has 142 valence electrons. The van der Waals surface area contributed by atoms with Crippen LogP contribution in [-0.4, -0.2) is 43.2 Å². The van der Waals surface area contributed by atoms with E-state index < -0.39 is 33.9 Å². The smallest absolute Gasteiger partial charge is 0.339 e. The lowest BCUT2D eigenvalue weighted by Crippen LogP contribution is -2.44. The van der Waals surface area contributed by atoms with Gasteiger partial charge in [-0.2, -0.15) is 0 Å². The summed E-state index contributed by atoms with van der Waals surface area (Å²) in [5.74, 6) is -2.86. The highest BCUT2D eigenvalue weighted by atomic mass is 79.9. The van der Waals surface area contributed by atoms with Gasteiger partial charge in [-0.1, -0.05) is 0 Å². The maximum Gasteiger partial charge on any atom is 0.339 e. The Labute approximate surface area is 157 Å². The van der Waals surface area contributed by atoms with Crippen molar-refractivity contribution in [3.8, 4) is 0 Å². The zero-order chi connectivity index (χ0) is 20.1. The third kappa shape index (κ3) is 4.01. The van der Waals surface area contributed by atoms with Crippen LogP contribution < -0.4 is 0 Å². The van der Waals surface area contributed by atoms with E-state index in [1.807, 2.05) is 0 Å². The molecule has 0 aliphatic heterocycles. The maximum absolute atomic E-state index is 12.5. The number of benzene rings is 1. The van der Waals surface area contributed by atoms with E-state index in [4.69, 9.17) is 9.47 Å². The molecule has 0 heterocycles. The van der Waals surface area contributed by atoms with Crippen molar-refractivity contribution in [3.05, 3.63) is 37.8 Å². The molecule has 0 fully saturated rings. The first kappa shape index (κ1) is 21.6. The fourth-order valence-electron chi connectivity index (χ4n) is 2.23. The summed E-state index contributed by atoms with van der Waals surface area (Å²) in [5, 5.41) is 11.5. The standard InChI is InChI=1S/C16H18BrNO8/c1-5-25-14(20)16(3,15(21)26-6-2)10-7-9(13(19)24-4)11(17)8-12(10)18(22)23/h7-8H,5-6H2,1-4H3. The average Bonchev–Trinajstić information content (AvgIpc) is 2.60. The zero-order valence-corrected chi connectivity index (χ0v) is 16.2. The van der Waals surface area contributed by atoms with Gasteiger partial charge in [0.05, 0.1) is 36.4 Å². The molecule has 1 aromatic carbocycles. The van der Waals surface area contributed by atoms with Crippen molar-refractivity contribution in [2.45, 2.75) is 26.2 Å². The highest BCUT2D eigenvalue weighted by Gasteiger charge is 2.50. The topological polar surface area (TPSA) is 122 Å². The van der Waals surface area contributed by atoms with Gasteiger partial charge in [0.15, 0.2) is 5.41 Å². The number of carbonyl (C=O) groups is 3. The minimum absolute atomic E-state index is 0.0536. The molecule has 0 saturated carbocycles. The van der Waals surface area contributed by atoms with Gasteiger partial charge < -0.3 is 14.2 Å². The lowest BCUT2D eigenvalue weighted by Gasteiger charge is -2.25. The van der Waals surface area contributed by atoms with E-state index in [0.717, 1.165) is 26.2 Å². The molecule has 0 atom stereocenters. The molecule has 0 unspecified atom stereocenters. The molecular weight excluding hydrogens is 414 g/mol. The monoisotopic (exact) mass is 431 g/mol. The normalized spacial score (nSPS) is 10.8. The van der Waals surface area contributed by atoms with E-state index in [2.05, 4.69) is 20.7 Å². The third-order valence-electron chi connectivity index (χ3n) is 3.59. The van der Waals surface area contributed by atoms with Crippen LogP contribution in [0.5, 0.6) is 0 Å². The van der Waals surface area contributed by atoms with Crippen LogP contribution in [0.2, 0.25) is 0 Å². The quantitative estimate of drug-likeness (QED) is 0.212. The second kappa shape index (κ2) is 8.75. The molecule has 1 aromatic rings. The summed E-state index contributed by atoms with van der Waals surface area (Å²) in [7, 11) is 1.13. The number of ether oxygens (including phenoxy) is 3. The van der Waals surface area contributed by atoms with Gasteiger partial charge in [-0.15, -0.1) is 0 Å². The Morgan fingerprint density at radius 1 is 1.15 bits per heavy atom. The first-order valence-electron chi connectivity index (χ1n) is 7.56. The van der Waals surface area contributed by atoms with Crippen molar-refractivity contribution in [1.82, 2.24) is 0 Å².